The molecule has 4 nitrogen and oxygen atoms in total. The molecule has 3 aromatic rings. The summed E-state index contributed by atoms with van der Waals surface area (Å²) in [6, 6.07) is 23.2. The van der Waals surface area contributed by atoms with Gasteiger partial charge in [0, 0.05) is 5.56 Å². The fourth-order valence-electron chi connectivity index (χ4n) is 4.34. The minimum absolute atomic E-state index is 0.414. The summed E-state index contributed by atoms with van der Waals surface area (Å²) in [5, 5.41) is 22.2. The Morgan fingerprint density at radius 2 is 1.64 bits per heavy atom. The van der Waals surface area contributed by atoms with Crippen molar-refractivity contribution in [1.29, 1.82) is 5.26 Å². The van der Waals surface area contributed by atoms with Crippen molar-refractivity contribution >= 4 is 16.7 Å². The van der Waals surface area contributed by atoms with E-state index in [1.54, 1.807) is 7.11 Å². The topological polar surface area (TPSA) is 70.3 Å². The third-order valence-corrected chi connectivity index (χ3v) is 5.85. The van der Waals surface area contributed by atoms with Gasteiger partial charge in [-0.05, 0) is 35.7 Å². The molecule has 0 fully saturated rings. The Morgan fingerprint density at radius 1 is 1.04 bits per heavy atom. The van der Waals surface area contributed by atoms with E-state index in [9.17, 15) is 15.2 Å². The number of hydrogen-bond acceptors (Lipinski definition) is 3. The van der Waals surface area contributed by atoms with Gasteiger partial charge < -0.3 is 9.84 Å². The first-order valence-corrected chi connectivity index (χ1v) is 9.22. The summed E-state index contributed by atoms with van der Waals surface area (Å²) in [7, 11) is 1.56. The third kappa shape index (κ3) is 2.63. The summed E-state index contributed by atoms with van der Waals surface area (Å²) in [6.07, 6.45) is 0.414. The number of hydrogen-bond donors (Lipinski definition) is 1. The molecule has 28 heavy (non-hydrogen) atoms. The molecule has 3 aromatic carbocycles. The number of para-hydroxylation sites is 1. The van der Waals surface area contributed by atoms with Crippen molar-refractivity contribution in [2.45, 2.75) is 25.7 Å². The molecule has 4 heteroatoms. The van der Waals surface area contributed by atoms with Gasteiger partial charge in [-0.2, -0.15) is 5.26 Å². The smallest absolute Gasteiger partial charge is 0.325 e. The van der Waals surface area contributed by atoms with Crippen LogP contribution < -0.4 is 4.74 Å². The van der Waals surface area contributed by atoms with Gasteiger partial charge >= 0.3 is 5.97 Å². The van der Waals surface area contributed by atoms with Gasteiger partial charge in [-0.3, -0.25) is 4.79 Å². The highest BCUT2D eigenvalue weighted by Gasteiger charge is 2.57. The van der Waals surface area contributed by atoms with Crippen molar-refractivity contribution in [3.05, 3.63) is 77.9 Å². The Morgan fingerprint density at radius 3 is 2.29 bits per heavy atom. The zero-order chi connectivity index (χ0) is 20.4. The first-order chi connectivity index (χ1) is 13.5. The number of nitrogens with zero attached hydrogens (tertiary/aromatic N) is 1. The first kappa shape index (κ1) is 19.4. The molecule has 0 bridgehead atoms. The lowest BCUT2D eigenvalue weighted by molar-refractivity contribution is -0.147. The second-order valence-electron chi connectivity index (χ2n) is 7.03. The van der Waals surface area contributed by atoms with E-state index in [0.717, 1.165) is 16.3 Å². The van der Waals surface area contributed by atoms with Crippen LogP contribution in [-0.4, -0.2) is 18.2 Å². The van der Waals surface area contributed by atoms with Crippen molar-refractivity contribution in [2.75, 3.05) is 7.11 Å². The molecule has 2 atom stereocenters. The van der Waals surface area contributed by atoms with Crippen LogP contribution in [-0.2, 0) is 10.2 Å². The lowest BCUT2D eigenvalue weighted by Gasteiger charge is -2.43. The van der Waals surface area contributed by atoms with Gasteiger partial charge in [0.15, 0.2) is 5.41 Å². The maximum absolute atomic E-state index is 12.5. The van der Waals surface area contributed by atoms with Gasteiger partial charge in [0.1, 0.15) is 5.75 Å². The number of carboxylic acids is 1. The monoisotopic (exact) mass is 373 g/mol. The molecule has 0 unspecified atom stereocenters. The molecule has 0 aromatic heterocycles. The highest BCUT2D eigenvalue weighted by Crippen LogP contribution is 2.53. The van der Waals surface area contributed by atoms with Gasteiger partial charge in [0.25, 0.3) is 0 Å². The summed E-state index contributed by atoms with van der Waals surface area (Å²) < 4.78 is 5.60. The summed E-state index contributed by atoms with van der Waals surface area (Å²) in [5.74, 6) is -0.587. The van der Waals surface area contributed by atoms with E-state index < -0.39 is 16.8 Å². The molecule has 0 amide bonds. The summed E-state index contributed by atoms with van der Waals surface area (Å²) in [6.45, 7) is 3.43. The van der Waals surface area contributed by atoms with Crippen LogP contribution in [0.3, 0.4) is 0 Å². The molecule has 0 spiro atoms. The Hall–Kier alpha value is -3.32. The number of carbonyl (C=O) groups is 1. The van der Waals surface area contributed by atoms with Crippen LogP contribution in [0.25, 0.3) is 10.8 Å². The van der Waals surface area contributed by atoms with Gasteiger partial charge in [0.2, 0.25) is 0 Å². The van der Waals surface area contributed by atoms with E-state index in [-0.39, 0.29) is 0 Å². The van der Waals surface area contributed by atoms with Crippen LogP contribution in [0.15, 0.2) is 66.7 Å². The fraction of sp³-hybridized carbons (Fsp3) is 0.250. The number of nitriles is 1. The first-order valence-electron chi connectivity index (χ1n) is 9.22. The molecule has 142 valence electrons. The van der Waals surface area contributed by atoms with E-state index in [4.69, 9.17) is 4.74 Å². The van der Waals surface area contributed by atoms with Gasteiger partial charge in [-0.15, -0.1) is 0 Å². The molecule has 3 rings (SSSR count). The molecule has 0 aliphatic heterocycles. The fourth-order valence-corrected chi connectivity index (χ4v) is 4.34. The molecule has 0 aliphatic rings. The van der Waals surface area contributed by atoms with E-state index in [1.165, 1.54) is 6.92 Å². The van der Waals surface area contributed by atoms with Crippen LogP contribution in [0.5, 0.6) is 5.75 Å². The van der Waals surface area contributed by atoms with Crippen molar-refractivity contribution in [1.82, 2.24) is 0 Å². The van der Waals surface area contributed by atoms with Crippen LogP contribution in [0, 0.1) is 16.7 Å². The van der Waals surface area contributed by atoms with E-state index in [2.05, 4.69) is 6.07 Å². The number of carboxylic acid groups (broad SMARTS) is 1. The lowest BCUT2D eigenvalue weighted by atomic mass is 9.55. The molecule has 0 saturated carbocycles. The number of fused-ring (bicyclic) bond motifs is 1. The van der Waals surface area contributed by atoms with Crippen molar-refractivity contribution in [3.63, 3.8) is 0 Å². The van der Waals surface area contributed by atoms with Crippen molar-refractivity contribution in [3.8, 4) is 11.8 Å². The van der Waals surface area contributed by atoms with E-state index in [0.29, 0.717) is 17.7 Å². The average Bonchev–Trinajstić information content (AvgIpc) is 2.74. The standard InChI is InChI=1S/C24H23NO3/c1-4-24(23(2,16-25)22(26)27,20-13-7-8-15-21(20)28-3)19-14-9-11-17-10-5-6-12-18(17)19/h5-15H,4H2,1-3H3,(H,26,27)/t23-,24-/m1/s1. The minimum atomic E-state index is -1.71. The highest BCUT2D eigenvalue weighted by atomic mass is 16.5. The molecule has 0 radical (unpaired) electrons. The van der Waals surface area contributed by atoms with E-state index >= 15 is 0 Å². The van der Waals surface area contributed by atoms with Crippen LogP contribution >= 0.6 is 0 Å². The van der Waals surface area contributed by atoms with E-state index in [1.807, 2.05) is 73.7 Å². The summed E-state index contributed by atoms with van der Waals surface area (Å²) in [4.78, 5) is 12.5. The Balaban J connectivity index is 2.55. The zero-order valence-electron chi connectivity index (χ0n) is 16.3. The molecule has 0 heterocycles. The molecule has 1 N–H and O–H groups in total. The maximum atomic E-state index is 12.5. The number of rotatable bonds is 6. The van der Waals surface area contributed by atoms with Gasteiger partial charge in [-0.1, -0.05) is 67.6 Å². The third-order valence-electron chi connectivity index (χ3n) is 5.85. The second-order valence-corrected chi connectivity index (χ2v) is 7.03. The quantitative estimate of drug-likeness (QED) is 0.648. The molecular weight excluding hydrogens is 350 g/mol. The Labute approximate surface area is 165 Å². The molecule has 0 aliphatic carbocycles. The van der Waals surface area contributed by atoms with Crippen LogP contribution in [0.2, 0.25) is 0 Å². The van der Waals surface area contributed by atoms with Crippen LogP contribution in [0.4, 0.5) is 0 Å². The van der Waals surface area contributed by atoms with Crippen LogP contribution in [0.1, 0.15) is 31.4 Å². The molecular formula is C24H23NO3. The number of aliphatic carboxylic acids is 1. The Bertz CT molecular complexity index is 1060. The largest absolute Gasteiger partial charge is 0.496 e. The molecule has 0 saturated heterocycles. The number of benzene rings is 3. The lowest BCUT2D eigenvalue weighted by Crippen LogP contribution is -2.49. The minimum Gasteiger partial charge on any atom is -0.496 e. The van der Waals surface area contributed by atoms with Gasteiger partial charge in [-0.25, -0.2) is 0 Å². The SMILES string of the molecule is CC[C@](c1ccccc1OC)(c1cccc2ccccc12)[C@](C)(C#N)C(=O)O. The summed E-state index contributed by atoms with van der Waals surface area (Å²) >= 11 is 0. The summed E-state index contributed by atoms with van der Waals surface area (Å²) in [5.41, 5.74) is -1.31. The van der Waals surface area contributed by atoms with Crippen molar-refractivity contribution < 1.29 is 14.6 Å². The second kappa shape index (κ2) is 7.36. The average molecular weight is 373 g/mol. The predicted octanol–water partition coefficient (Wildman–Crippen LogP) is 5.16. The highest BCUT2D eigenvalue weighted by molar-refractivity contribution is 5.90. The number of methoxy groups -OCH3 is 1. The Kier molecular flexibility index (Phi) is 5.11. The predicted molar refractivity (Wildman–Crippen MR) is 109 cm³/mol. The normalized spacial score (nSPS) is 15.2. The van der Waals surface area contributed by atoms with Crippen molar-refractivity contribution in [2.24, 2.45) is 5.41 Å². The number of ether oxygens (including phenoxy) is 1. The zero-order valence-corrected chi connectivity index (χ0v) is 16.3. The maximum Gasteiger partial charge on any atom is 0.325 e. The van der Waals surface area contributed by atoms with Gasteiger partial charge in [0.05, 0.1) is 18.6 Å².